The van der Waals surface area contributed by atoms with E-state index < -0.39 is 7.37 Å². The first-order chi connectivity index (χ1) is 11.1. The quantitative estimate of drug-likeness (QED) is 0.799. The predicted octanol–water partition coefficient (Wildman–Crippen LogP) is 3.81. The van der Waals surface area contributed by atoms with Gasteiger partial charge in [-0.3, -0.25) is 4.57 Å². The molecule has 0 N–H and O–H groups in total. The summed E-state index contributed by atoms with van der Waals surface area (Å²) in [6, 6.07) is 15.3. The second-order valence-corrected chi connectivity index (χ2v) is 8.13. The van der Waals surface area contributed by atoms with E-state index in [9.17, 15) is 4.57 Å². The summed E-state index contributed by atoms with van der Waals surface area (Å²) in [5.41, 5.74) is 1.18. The highest BCUT2D eigenvalue weighted by Crippen LogP contribution is 2.53. The van der Waals surface area contributed by atoms with Crippen LogP contribution in [-0.4, -0.2) is 27.0 Å². The van der Waals surface area contributed by atoms with Gasteiger partial charge in [0.05, 0.1) is 20.8 Å². The summed E-state index contributed by atoms with van der Waals surface area (Å²) in [4.78, 5) is 0. The van der Waals surface area contributed by atoms with E-state index >= 15 is 0 Å². The lowest BCUT2D eigenvalue weighted by Gasteiger charge is -2.30. The SMILES string of the molecule is COc1ccc(C2CCOP(=O)(c3ccc(OC)cc3)C2)cc1. The molecule has 0 bridgehead atoms. The Morgan fingerprint density at radius 1 is 0.957 bits per heavy atom. The molecular weight excluding hydrogens is 311 g/mol. The molecule has 2 unspecified atom stereocenters. The average Bonchev–Trinajstić information content (AvgIpc) is 2.62. The van der Waals surface area contributed by atoms with Crippen molar-refractivity contribution < 1.29 is 18.6 Å². The molecule has 1 fully saturated rings. The number of benzene rings is 2. The molecule has 1 aliphatic rings. The Morgan fingerprint density at radius 3 is 2.09 bits per heavy atom. The Labute approximate surface area is 136 Å². The Morgan fingerprint density at radius 2 is 1.52 bits per heavy atom. The van der Waals surface area contributed by atoms with Crippen molar-refractivity contribution in [3.05, 3.63) is 54.1 Å². The third-order valence-corrected chi connectivity index (χ3v) is 6.89. The monoisotopic (exact) mass is 332 g/mol. The maximum absolute atomic E-state index is 13.3. The van der Waals surface area contributed by atoms with Crippen LogP contribution in [0.5, 0.6) is 11.5 Å². The highest BCUT2D eigenvalue weighted by Gasteiger charge is 2.34. The number of rotatable bonds is 4. The molecule has 3 rings (SSSR count). The molecule has 0 spiro atoms. The third kappa shape index (κ3) is 3.44. The minimum absolute atomic E-state index is 0.239. The van der Waals surface area contributed by atoms with Gasteiger partial charge in [-0.25, -0.2) is 0 Å². The summed E-state index contributed by atoms with van der Waals surface area (Å²) in [6.07, 6.45) is 1.41. The van der Waals surface area contributed by atoms with Gasteiger partial charge in [-0.1, -0.05) is 12.1 Å². The highest BCUT2D eigenvalue weighted by atomic mass is 31.2. The van der Waals surface area contributed by atoms with Crippen LogP contribution in [0, 0.1) is 0 Å². The molecule has 2 aromatic rings. The van der Waals surface area contributed by atoms with E-state index in [0.717, 1.165) is 23.2 Å². The van der Waals surface area contributed by atoms with Gasteiger partial charge in [0.1, 0.15) is 11.5 Å². The maximum Gasteiger partial charge on any atom is 0.232 e. The van der Waals surface area contributed by atoms with E-state index in [1.807, 2.05) is 48.5 Å². The van der Waals surface area contributed by atoms with E-state index in [4.69, 9.17) is 14.0 Å². The zero-order chi connectivity index (χ0) is 16.3. The smallest absolute Gasteiger partial charge is 0.232 e. The molecule has 2 aromatic carbocycles. The molecule has 5 heteroatoms. The van der Waals surface area contributed by atoms with E-state index in [0.29, 0.717) is 12.8 Å². The highest BCUT2D eigenvalue weighted by molar-refractivity contribution is 7.67. The largest absolute Gasteiger partial charge is 0.497 e. The van der Waals surface area contributed by atoms with E-state index in [2.05, 4.69) is 0 Å². The Bertz CT molecular complexity index is 694. The third-order valence-electron chi connectivity index (χ3n) is 4.28. The number of methoxy groups -OCH3 is 2. The predicted molar refractivity (Wildman–Crippen MR) is 91.4 cm³/mol. The van der Waals surface area contributed by atoms with Gasteiger partial charge in [-0.2, -0.15) is 0 Å². The second kappa shape index (κ2) is 6.77. The van der Waals surface area contributed by atoms with Crippen LogP contribution >= 0.6 is 7.37 Å². The van der Waals surface area contributed by atoms with Gasteiger partial charge < -0.3 is 14.0 Å². The van der Waals surface area contributed by atoms with Gasteiger partial charge in [0.2, 0.25) is 7.37 Å². The molecule has 23 heavy (non-hydrogen) atoms. The van der Waals surface area contributed by atoms with Crippen molar-refractivity contribution in [1.29, 1.82) is 0 Å². The lowest BCUT2D eigenvalue weighted by molar-refractivity contribution is 0.280. The number of ether oxygens (including phenoxy) is 2. The normalized spacial score (nSPS) is 24.2. The molecule has 1 aliphatic heterocycles. The summed E-state index contributed by atoms with van der Waals surface area (Å²) < 4.78 is 29.3. The van der Waals surface area contributed by atoms with Crippen molar-refractivity contribution in [2.75, 3.05) is 27.0 Å². The molecule has 0 radical (unpaired) electrons. The van der Waals surface area contributed by atoms with Crippen LogP contribution in [-0.2, 0) is 9.09 Å². The maximum atomic E-state index is 13.3. The molecule has 0 aliphatic carbocycles. The second-order valence-electron chi connectivity index (χ2n) is 5.65. The number of hydrogen-bond acceptors (Lipinski definition) is 4. The number of hydrogen-bond donors (Lipinski definition) is 0. The fourth-order valence-electron chi connectivity index (χ4n) is 2.91. The molecule has 4 nitrogen and oxygen atoms in total. The van der Waals surface area contributed by atoms with Crippen LogP contribution in [0.3, 0.4) is 0 Å². The van der Waals surface area contributed by atoms with Crippen LogP contribution in [0.2, 0.25) is 0 Å². The van der Waals surface area contributed by atoms with Crippen LogP contribution in [0.15, 0.2) is 48.5 Å². The molecule has 1 heterocycles. The van der Waals surface area contributed by atoms with E-state index in [-0.39, 0.29) is 5.92 Å². The van der Waals surface area contributed by atoms with Crippen LogP contribution in [0.1, 0.15) is 17.9 Å². The lowest BCUT2D eigenvalue weighted by Crippen LogP contribution is -2.22. The summed E-state index contributed by atoms with van der Waals surface area (Å²) in [6.45, 7) is 0.514. The van der Waals surface area contributed by atoms with Crippen molar-refractivity contribution in [1.82, 2.24) is 0 Å². The molecule has 0 saturated carbocycles. The van der Waals surface area contributed by atoms with Crippen LogP contribution < -0.4 is 14.8 Å². The fourth-order valence-corrected chi connectivity index (χ4v) is 5.36. The zero-order valence-corrected chi connectivity index (χ0v) is 14.3. The molecule has 0 aromatic heterocycles. The zero-order valence-electron chi connectivity index (χ0n) is 13.4. The Kier molecular flexibility index (Phi) is 4.74. The Balaban J connectivity index is 1.81. The fraction of sp³-hybridized carbons (Fsp3) is 0.333. The van der Waals surface area contributed by atoms with Gasteiger partial charge in [0.25, 0.3) is 0 Å². The summed E-state index contributed by atoms with van der Waals surface area (Å²) >= 11 is 0. The Hall–Kier alpha value is -1.77. The first-order valence-electron chi connectivity index (χ1n) is 7.67. The topological polar surface area (TPSA) is 44.8 Å². The minimum Gasteiger partial charge on any atom is -0.497 e. The summed E-state index contributed by atoms with van der Waals surface area (Å²) in [5, 5.41) is 0.761. The standard InChI is InChI=1S/C18H21O4P/c1-20-16-5-3-14(4-6-16)15-11-12-22-23(19,13-15)18-9-7-17(21-2)8-10-18/h3-10,15H,11-13H2,1-2H3. The van der Waals surface area contributed by atoms with Gasteiger partial charge in [-0.05, 0) is 54.3 Å². The van der Waals surface area contributed by atoms with Crippen molar-refractivity contribution in [2.45, 2.75) is 12.3 Å². The van der Waals surface area contributed by atoms with Crippen molar-refractivity contribution >= 4 is 12.7 Å². The summed E-state index contributed by atoms with van der Waals surface area (Å²) in [7, 11) is 0.450. The summed E-state index contributed by atoms with van der Waals surface area (Å²) in [5.74, 6) is 1.82. The first-order valence-corrected chi connectivity index (χ1v) is 9.48. The van der Waals surface area contributed by atoms with E-state index in [1.165, 1.54) is 5.56 Å². The van der Waals surface area contributed by atoms with Gasteiger partial charge in [-0.15, -0.1) is 0 Å². The lowest BCUT2D eigenvalue weighted by atomic mass is 9.98. The minimum atomic E-state index is -2.82. The van der Waals surface area contributed by atoms with Crippen molar-refractivity contribution in [2.24, 2.45) is 0 Å². The molecular formula is C18H21O4P. The molecule has 122 valence electrons. The molecule has 1 saturated heterocycles. The van der Waals surface area contributed by atoms with Crippen LogP contribution in [0.25, 0.3) is 0 Å². The van der Waals surface area contributed by atoms with Gasteiger partial charge in [0, 0.05) is 11.5 Å². The molecule has 0 amide bonds. The van der Waals surface area contributed by atoms with Gasteiger partial charge >= 0.3 is 0 Å². The van der Waals surface area contributed by atoms with Crippen molar-refractivity contribution in [3.63, 3.8) is 0 Å². The average molecular weight is 332 g/mol. The molecule has 2 atom stereocenters. The van der Waals surface area contributed by atoms with Crippen molar-refractivity contribution in [3.8, 4) is 11.5 Å². The van der Waals surface area contributed by atoms with Gasteiger partial charge in [0.15, 0.2) is 0 Å². The van der Waals surface area contributed by atoms with Crippen LogP contribution in [0.4, 0.5) is 0 Å². The van der Waals surface area contributed by atoms with E-state index in [1.54, 1.807) is 14.2 Å². The first kappa shape index (κ1) is 16.1.